The number of hydrogen-bond acceptors (Lipinski definition) is 5. The zero-order chi connectivity index (χ0) is 20.4. The molecule has 1 aromatic heterocycles. The minimum Gasteiger partial charge on any atom is -0.482 e. The second kappa shape index (κ2) is 7.92. The number of para-hydroxylation sites is 2. The molecule has 1 aliphatic heterocycles. The van der Waals surface area contributed by atoms with E-state index in [0.29, 0.717) is 30.2 Å². The van der Waals surface area contributed by atoms with Crippen molar-refractivity contribution in [1.29, 1.82) is 0 Å². The summed E-state index contributed by atoms with van der Waals surface area (Å²) in [5.41, 5.74) is 2.79. The number of imidazole rings is 1. The molecule has 3 aromatic rings. The summed E-state index contributed by atoms with van der Waals surface area (Å²) in [4.78, 5) is 29.0. The molecule has 2 heterocycles. The highest BCUT2D eigenvalue weighted by molar-refractivity contribution is 6.00. The zero-order valence-electron chi connectivity index (χ0n) is 16.3. The third-order valence-electron chi connectivity index (χ3n) is 4.81. The number of benzene rings is 2. The van der Waals surface area contributed by atoms with Gasteiger partial charge in [0.05, 0.1) is 29.4 Å². The van der Waals surface area contributed by atoms with Crippen LogP contribution in [-0.2, 0) is 16.1 Å². The highest BCUT2D eigenvalue weighted by Crippen LogP contribution is 2.29. The molecule has 4 rings (SSSR count). The summed E-state index contributed by atoms with van der Waals surface area (Å²) in [5, 5.41) is 5.71. The summed E-state index contributed by atoms with van der Waals surface area (Å²) in [6.45, 7) is 3.05. The van der Waals surface area contributed by atoms with E-state index in [-0.39, 0.29) is 24.5 Å². The Bertz CT molecular complexity index is 1080. The molecule has 8 nitrogen and oxygen atoms in total. The highest BCUT2D eigenvalue weighted by atomic mass is 16.5. The van der Waals surface area contributed by atoms with Gasteiger partial charge in [-0.2, -0.15) is 0 Å². The fraction of sp³-hybridized carbons (Fsp3) is 0.286. The lowest BCUT2D eigenvalue weighted by Gasteiger charge is -2.19. The molecule has 0 unspecified atom stereocenters. The van der Waals surface area contributed by atoms with Crippen molar-refractivity contribution in [1.82, 2.24) is 14.9 Å². The maximum Gasteiger partial charge on any atom is 0.262 e. The van der Waals surface area contributed by atoms with Crippen LogP contribution in [0, 0.1) is 0 Å². The van der Waals surface area contributed by atoms with Crippen LogP contribution in [0.3, 0.4) is 0 Å². The van der Waals surface area contributed by atoms with Crippen molar-refractivity contribution in [2.45, 2.75) is 19.5 Å². The number of anilines is 1. The Kier molecular flexibility index (Phi) is 5.18. The van der Waals surface area contributed by atoms with E-state index in [1.54, 1.807) is 25.3 Å². The normalized spacial score (nSPS) is 14.1. The molecule has 0 fully saturated rings. The van der Waals surface area contributed by atoms with Gasteiger partial charge < -0.3 is 24.7 Å². The van der Waals surface area contributed by atoms with Crippen LogP contribution in [0.1, 0.15) is 29.1 Å². The molecule has 0 bridgehead atoms. The van der Waals surface area contributed by atoms with Crippen LogP contribution in [-0.4, -0.2) is 41.7 Å². The average molecular weight is 394 g/mol. The molecule has 150 valence electrons. The third-order valence-corrected chi connectivity index (χ3v) is 4.81. The minimum atomic E-state index is -0.325. The van der Waals surface area contributed by atoms with Crippen LogP contribution in [0.4, 0.5) is 5.69 Å². The predicted molar refractivity (Wildman–Crippen MR) is 108 cm³/mol. The number of fused-ring (bicyclic) bond motifs is 2. The molecule has 0 saturated carbocycles. The molecule has 2 aromatic carbocycles. The summed E-state index contributed by atoms with van der Waals surface area (Å²) in [6.07, 6.45) is 0. The van der Waals surface area contributed by atoms with Gasteiger partial charge in [0, 0.05) is 19.2 Å². The quantitative estimate of drug-likeness (QED) is 0.670. The zero-order valence-corrected chi connectivity index (χ0v) is 16.3. The van der Waals surface area contributed by atoms with Crippen molar-refractivity contribution in [3.63, 3.8) is 0 Å². The van der Waals surface area contributed by atoms with E-state index in [2.05, 4.69) is 15.2 Å². The summed E-state index contributed by atoms with van der Waals surface area (Å²) in [7, 11) is 1.66. The van der Waals surface area contributed by atoms with Gasteiger partial charge in [0.2, 0.25) is 0 Å². The van der Waals surface area contributed by atoms with E-state index < -0.39 is 0 Å². The lowest BCUT2D eigenvalue weighted by Crippen LogP contribution is -2.30. The Morgan fingerprint density at radius 3 is 3.00 bits per heavy atom. The Hall–Kier alpha value is -3.39. The topological polar surface area (TPSA) is 94.5 Å². The van der Waals surface area contributed by atoms with Crippen LogP contribution in [0.15, 0.2) is 42.5 Å². The lowest BCUT2D eigenvalue weighted by atomic mass is 10.1. The first-order valence-electron chi connectivity index (χ1n) is 9.38. The maximum atomic E-state index is 12.8. The Balaban J connectivity index is 1.58. The largest absolute Gasteiger partial charge is 0.482 e. The third kappa shape index (κ3) is 3.79. The first kappa shape index (κ1) is 18.9. The number of aromatic nitrogens is 2. The van der Waals surface area contributed by atoms with Crippen molar-refractivity contribution >= 4 is 28.5 Å². The van der Waals surface area contributed by atoms with Gasteiger partial charge in [0.1, 0.15) is 11.6 Å². The van der Waals surface area contributed by atoms with Crippen LogP contribution >= 0.6 is 0 Å². The number of hydrogen-bond donors (Lipinski definition) is 2. The highest BCUT2D eigenvalue weighted by Gasteiger charge is 2.21. The van der Waals surface area contributed by atoms with E-state index in [1.807, 2.05) is 31.2 Å². The number of rotatable bonds is 6. The van der Waals surface area contributed by atoms with Crippen LogP contribution in [0.5, 0.6) is 5.75 Å². The van der Waals surface area contributed by atoms with Gasteiger partial charge in [-0.05, 0) is 37.3 Å². The fourth-order valence-corrected chi connectivity index (χ4v) is 3.41. The molecule has 0 radical (unpaired) electrons. The molecule has 1 aliphatic rings. The number of amides is 2. The summed E-state index contributed by atoms with van der Waals surface area (Å²) >= 11 is 0. The Morgan fingerprint density at radius 2 is 2.17 bits per heavy atom. The predicted octanol–water partition coefficient (Wildman–Crippen LogP) is 2.50. The molecule has 1 atom stereocenters. The Labute approximate surface area is 167 Å². The van der Waals surface area contributed by atoms with Crippen LogP contribution in [0.25, 0.3) is 11.0 Å². The van der Waals surface area contributed by atoms with Gasteiger partial charge in [-0.1, -0.05) is 12.1 Å². The van der Waals surface area contributed by atoms with Crippen molar-refractivity contribution in [3.8, 4) is 5.75 Å². The SMILES string of the molecule is COCCn1c([C@@H](C)NC(=O)c2ccc3c(c2)NC(=O)CO3)nc2ccccc21. The number of methoxy groups -OCH3 is 1. The maximum absolute atomic E-state index is 12.8. The first-order chi connectivity index (χ1) is 14.1. The molecule has 8 heteroatoms. The van der Waals surface area contributed by atoms with Gasteiger partial charge in [0.15, 0.2) is 6.61 Å². The van der Waals surface area contributed by atoms with Gasteiger partial charge in [-0.3, -0.25) is 9.59 Å². The van der Waals surface area contributed by atoms with Crippen LogP contribution < -0.4 is 15.4 Å². The Morgan fingerprint density at radius 1 is 1.34 bits per heavy atom. The number of nitrogens with one attached hydrogen (secondary N) is 2. The molecule has 2 N–H and O–H groups in total. The van der Waals surface area contributed by atoms with Crippen LogP contribution in [0.2, 0.25) is 0 Å². The van der Waals surface area contributed by atoms with E-state index in [0.717, 1.165) is 16.9 Å². The van der Waals surface area contributed by atoms with Gasteiger partial charge in [0.25, 0.3) is 11.8 Å². The minimum absolute atomic E-state index is 0.0206. The van der Waals surface area contributed by atoms with Gasteiger partial charge in [-0.25, -0.2) is 4.98 Å². The second-order valence-electron chi connectivity index (χ2n) is 6.85. The number of ether oxygens (including phenoxy) is 2. The molecule has 29 heavy (non-hydrogen) atoms. The van der Waals surface area contributed by atoms with Crippen molar-refractivity contribution < 1.29 is 19.1 Å². The smallest absolute Gasteiger partial charge is 0.262 e. The summed E-state index contributed by atoms with van der Waals surface area (Å²) < 4.78 is 12.6. The summed E-state index contributed by atoms with van der Waals surface area (Å²) in [5.74, 6) is 0.808. The van der Waals surface area contributed by atoms with Crippen molar-refractivity contribution in [2.24, 2.45) is 0 Å². The first-order valence-corrected chi connectivity index (χ1v) is 9.38. The van der Waals surface area contributed by atoms with Gasteiger partial charge >= 0.3 is 0 Å². The van der Waals surface area contributed by atoms with Gasteiger partial charge in [-0.15, -0.1) is 0 Å². The second-order valence-corrected chi connectivity index (χ2v) is 6.85. The van der Waals surface area contributed by atoms with E-state index in [9.17, 15) is 9.59 Å². The van der Waals surface area contributed by atoms with E-state index in [1.165, 1.54) is 0 Å². The standard InChI is InChI=1S/C21H22N4O4/c1-13(20-24-15-5-3-4-6-17(15)25(20)9-10-28-2)22-21(27)14-7-8-18-16(11-14)23-19(26)12-29-18/h3-8,11,13H,9-10,12H2,1-2H3,(H,22,27)(H,23,26)/t13-/m1/s1. The van der Waals surface area contributed by atoms with E-state index in [4.69, 9.17) is 14.5 Å². The molecule has 0 aliphatic carbocycles. The molecule has 0 saturated heterocycles. The van der Waals surface area contributed by atoms with E-state index >= 15 is 0 Å². The summed E-state index contributed by atoms with van der Waals surface area (Å²) in [6, 6.07) is 12.5. The molecule has 2 amide bonds. The monoisotopic (exact) mass is 394 g/mol. The number of carbonyl (C=O) groups excluding carboxylic acids is 2. The van der Waals surface area contributed by atoms with Crippen molar-refractivity contribution in [3.05, 3.63) is 53.9 Å². The number of carbonyl (C=O) groups is 2. The molecular weight excluding hydrogens is 372 g/mol. The molecular formula is C21H22N4O4. The lowest BCUT2D eigenvalue weighted by molar-refractivity contribution is -0.118. The number of nitrogens with zero attached hydrogens (tertiary/aromatic N) is 2. The van der Waals surface area contributed by atoms with Crippen molar-refractivity contribution in [2.75, 3.05) is 25.6 Å². The fourth-order valence-electron chi connectivity index (χ4n) is 3.41. The molecule has 0 spiro atoms. The average Bonchev–Trinajstić information content (AvgIpc) is 3.10.